The molecule has 0 spiro atoms. The highest BCUT2D eigenvalue weighted by Crippen LogP contribution is 2.42. The standard InChI is InChI=1S/C13H13N2O5/c1-14-5-4-8(7-16)11-9(14)6-10(19-2)13(20-3)12(11)15(17)18/h4-7H,1-3H3/q+1. The summed E-state index contributed by atoms with van der Waals surface area (Å²) in [5.74, 6) is 0.240. The number of nitro groups is 1. The van der Waals surface area contributed by atoms with Crippen LogP contribution in [0.1, 0.15) is 10.4 Å². The Morgan fingerprint density at radius 2 is 2.05 bits per heavy atom. The van der Waals surface area contributed by atoms with Gasteiger partial charge in [0.1, 0.15) is 12.4 Å². The molecule has 1 heterocycles. The zero-order valence-electron chi connectivity index (χ0n) is 11.2. The van der Waals surface area contributed by atoms with Crippen molar-refractivity contribution in [3.05, 3.63) is 34.0 Å². The predicted molar refractivity (Wildman–Crippen MR) is 70.3 cm³/mol. The smallest absolute Gasteiger partial charge is 0.329 e. The van der Waals surface area contributed by atoms with E-state index in [1.54, 1.807) is 23.9 Å². The molecule has 0 unspecified atom stereocenters. The van der Waals surface area contributed by atoms with Gasteiger partial charge in [0.15, 0.2) is 18.2 Å². The minimum atomic E-state index is -0.573. The number of nitrogens with zero attached hydrogens (tertiary/aromatic N) is 2. The summed E-state index contributed by atoms with van der Waals surface area (Å²) >= 11 is 0. The first-order chi connectivity index (χ1) is 9.54. The summed E-state index contributed by atoms with van der Waals surface area (Å²) in [6.45, 7) is 0. The molecule has 0 fully saturated rings. The Hall–Kier alpha value is -2.70. The molecule has 0 radical (unpaired) electrons. The number of ether oxygens (including phenoxy) is 2. The molecule has 0 atom stereocenters. The molecular weight excluding hydrogens is 264 g/mol. The highest BCUT2D eigenvalue weighted by Gasteiger charge is 2.30. The fourth-order valence-electron chi connectivity index (χ4n) is 2.15. The van der Waals surface area contributed by atoms with Gasteiger partial charge in [0, 0.05) is 11.6 Å². The highest BCUT2D eigenvalue weighted by atomic mass is 16.6. The van der Waals surface area contributed by atoms with E-state index < -0.39 is 4.92 Å². The number of methoxy groups -OCH3 is 2. The van der Waals surface area contributed by atoms with Gasteiger partial charge in [0.2, 0.25) is 11.3 Å². The summed E-state index contributed by atoms with van der Waals surface area (Å²) in [5.41, 5.74) is 0.463. The first-order valence-corrected chi connectivity index (χ1v) is 5.72. The number of carbonyl (C=O) groups is 1. The molecule has 0 N–H and O–H groups in total. The van der Waals surface area contributed by atoms with E-state index in [0.717, 1.165) is 0 Å². The SMILES string of the molecule is COc1cc2c(c(C=O)cc[n+]2C)c([N+](=O)[O-])c1OC. The quantitative estimate of drug-likeness (QED) is 0.365. The largest absolute Gasteiger partial charge is 0.492 e. The van der Waals surface area contributed by atoms with Crippen LogP contribution in [0, 0.1) is 10.1 Å². The van der Waals surface area contributed by atoms with Crippen LogP contribution in [0.15, 0.2) is 18.3 Å². The number of hydrogen-bond acceptors (Lipinski definition) is 5. The summed E-state index contributed by atoms with van der Waals surface area (Å²) in [7, 11) is 4.45. The van der Waals surface area contributed by atoms with E-state index in [1.165, 1.54) is 20.3 Å². The number of fused-ring (bicyclic) bond motifs is 1. The maximum atomic E-state index is 11.4. The van der Waals surface area contributed by atoms with Gasteiger partial charge in [-0.25, -0.2) is 4.57 Å². The zero-order valence-corrected chi connectivity index (χ0v) is 11.2. The van der Waals surface area contributed by atoms with Crippen molar-refractivity contribution in [3.8, 4) is 11.5 Å². The van der Waals surface area contributed by atoms with Gasteiger partial charge in [-0.3, -0.25) is 14.9 Å². The minimum Gasteiger partial charge on any atom is -0.492 e. The molecular formula is C13H13N2O5+. The van der Waals surface area contributed by atoms with Crippen molar-refractivity contribution in [2.75, 3.05) is 14.2 Å². The number of aromatic nitrogens is 1. The van der Waals surface area contributed by atoms with Crippen molar-refractivity contribution in [1.29, 1.82) is 0 Å². The van der Waals surface area contributed by atoms with Crippen LogP contribution in [0.2, 0.25) is 0 Å². The van der Waals surface area contributed by atoms with Gasteiger partial charge in [-0.2, -0.15) is 0 Å². The molecule has 1 aromatic heterocycles. The van der Waals surface area contributed by atoms with Gasteiger partial charge in [0.25, 0.3) is 0 Å². The van der Waals surface area contributed by atoms with E-state index in [9.17, 15) is 14.9 Å². The summed E-state index contributed by atoms with van der Waals surface area (Å²) in [4.78, 5) is 22.0. The first kappa shape index (κ1) is 13.7. The molecule has 0 aliphatic heterocycles. The van der Waals surface area contributed by atoms with E-state index >= 15 is 0 Å². The molecule has 0 amide bonds. The molecule has 20 heavy (non-hydrogen) atoms. The van der Waals surface area contributed by atoms with Crippen LogP contribution in [-0.4, -0.2) is 25.4 Å². The average Bonchev–Trinajstić information content (AvgIpc) is 2.45. The summed E-state index contributed by atoms with van der Waals surface area (Å²) in [6, 6.07) is 3.13. The molecule has 7 nitrogen and oxygen atoms in total. The molecule has 0 bridgehead atoms. The van der Waals surface area contributed by atoms with Crippen molar-refractivity contribution in [2.24, 2.45) is 7.05 Å². The van der Waals surface area contributed by atoms with E-state index in [-0.39, 0.29) is 28.1 Å². The molecule has 0 aliphatic carbocycles. The Labute approximate surface area is 114 Å². The maximum absolute atomic E-state index is 11.4. The Kier molecular flexibility index (Phi) is 3.51. The van der Waals surface area contributed by atoms with Gasteiger partial charge in [-0.1, -0.05) is 0 Å². The molecule has 104 valence electrons. The van der Waals surface area contributed by atoms with Gasteiger partial charge >= 0.3 is 5.69 Å². The van der Waals surface area contributed by atoms with Crippen LogP contribution in [0.3, 0.4) is 0 Å². The number of nitro benzene ring substituents is 1. The van der Waals surface area contributed by atoms with E-state index in [4.69, 9.17) is 9.47 Å². The number of benzene rings is 1. The highest BCUT2D eigenvalue weighted by molar-refractivity contribution is 6.03. The number of aryl methyl sites for hydroxylation is 1. The molecule has 0 aliphatic rings. The molecule has 0 saturated heterocycles. The van der Waals surface area contributed by atoms with Crippen LogP contribution in [0.4, 0.5) is 5.69 Å². The third kappa shape index (κ3) is 1.93. The summed E-state index contributed by atoms with van der Waals surface area (Å²) in [5, 5.41) is 11.6. The third-order valence-corrected chi connectivity index (χ3v) is 3.08. The van der Waals surface area contributed by atoms with Gasteiger partial charge in [-0.15, -0.1) is 0 Å². The van der Waals surface area contributed by atoms with Crippen molar-refractivity contribution in [1.82, 2.24) is 0 Å². The molecule has 0 saturated carbocycles. The summed E-state index contributed by atoms with van der Waals surface area (Å²) < 4.78 is 11.9. The lowest BCUT2D eigenvalue weighted by molar-refractivity contribution is -0.645. The van der Waals surface area contributed by atoms with Crippen LogP contribution in [0.5, 0.6) is 11.5 Å². The lowest BCUT2D eigenvalue weighted by Gasteiger charge is -2.10. The third-order valence-electron chi connectivity index (χ3n) is 3.08. The number of aldehydes is 1. The topological polar surface area (TPSA) is 82.5 Å². The fourth-order valence-corrected chi connectivity index (χ4v) is 2.15. The van der Waals surface area contributed by atoms with Crippen molar-refractivity contribution >= 4 is 22.9 Å². The molecule has 7 heteroatoms. The summed E-state index contributed by atoms with van der Waals surface area (Å²) in [6.07, 6.45) is 2.24. The second-order valence-electron chi connectivity index (χ2n) is 4.11. The lowest BCUT2D eigenvalue weighted by atomic mass is 10.1. The normalized spacial score (nSPS) is 10.3. The number of hydrogen-bond donors (Lipinski definition) is 0. The Bertz CT molecular complexity index is 712. The van der Waals surface area contributed by atoms with Gasteiger partial charge in [0.05, 0.1) is 25.2 Å². The molecule has 1 aromatic carbocycles. The van der Waals surface area contributed by atoms with E-state index in [0.29, 0.717) is 11.8 Å². The number of pyridine rings is 1. The van der Waals surface area contributed by atoms with Crippen LogP contribution in [-0.2, 0) is 7.05 Å². The lowest BCUT2D eigenvalue weighted by Crippen LogP contribution is -2.29. The van der Waals surface area contributed by atoms with E-state index in [2.05, 4.69) is 0 Å². The molecule has 2 aromatic rings. The van der Waals surface area contributed by atoms with Crippen molar-refractivity contribution in [2.45, 2.75) is 0 Å². The van der Waals surface area contributed by atoms with Gasteiger partial charge < -0.3 is 9.47 Å². The van der Waals surface area contributed by atoms with E-state index in [1.807, 2.05) is 0 Å². The van der Waals surface area contributed by atoms with Gasteiger partial charge in [-0.05, 0) is 0 Å². The first-order valence-electron chi connectivity index (χ1n) is 5.72. The van der Waals surface area contributed by atoms with Crippen molar-refractivity contribution < 1.29 is 23.8 Å². The Morgan fingerprint density at radius 1 is 1.35 bits per heavy atom. The van der Waals surface area contributed by atoms with Crippen LogP contribution < -0.4 is 14.0 Å². The minimum absolute atomic E-state index is 0.000648. The Balaban J connectivity index is 3.09. The average molecular weight is 277 g/mol. The predicted octanol–water partition coefficient (Wildman–Crippen LogP) is 1.40. The fraction of sp³-hybridized carbons (Fsp3) is 0.231. The maximum Gasteiger partial charge on any atom is 0.329 e. The monoisotopic (exact) mass is 277 g/mol. The second-order valence-corrected chi connectivity index (χ2v) is 4.11. The molecule has 2 rings (SSSR count). The zero-order chi connectivity index (χ0) is 14.9. The Morgan fingerprint density at radius 3 is 2.55 bits per heavy atom. The van der Waals surface area contributed by atoms with Crippen LogP contribution in [0.25, 0.3) is 10.9 Å². The van der Waals surface area contributed by atoms with Crippen LogP contribution >= 0.6 is 0 Å². The van der Waals surface area contributed by atoms with Crippen molar-refractivity contribution in [3.63, 3.8) is 0 Å². The second kappa shape index (κ2) is 5.12. The number of carbonyl (C=O) groups excluding carboxylic acids is 1. The number of rotatable bonds is 4.